The predicted octanol–water partition coefficient (Wildman–Crippen LogP) is 5.34. The molecule has 6 heteroatoms. The fourth-order valence-corrected chi connectivity index (χ4v) is 3.08. The van der Waals surface area contributed by atoms with Crippen LogP contribution in [-0.2, 0) is 0 Å². The number of ether oxygens (including phenoxy) is 2. The van der Waals surface area contributed by atoms with Gasteiger partial charge in [0.1, 0.15) is 11.5 Å². The van der Waals surface area contributed by atoms with Crippen molar-refractivity contribution in [3.05, 3.63) is 57.9 Å². The van der Waals surface area contributed by atoms with Crippen LogP contribution in [0, 0.1) is 0 Å². The minimum Gasteiger partial charge on any atom is -0.497 e. The third kappa shape index (κ3) is 3.83. The van der Waals surface area contributed by atoms with Gasteiger partial charge in [-0.1, -0.05) is 28.1 Å². The molecule has 0 atom stereocenters. The molecular formula is C18H15BrN2O2S. The Bertz CT molecular complexity index is 860. The SMILES string of the molecule is COc1ccc(OC)c(C=Nc2nc(-c3ccc(Br)cc3)cs2)c1. The van der Waals surface area contributed by atoms with Crippen molar-refractivity contribution in [2.24, 2.45) is 4.99 Å². The van der Waals surface area contributed by atoms with Crippen LogP contribution in [0.5, 0.6) is 11.5 Å². The van der Waals surface area contributed by atoms with Gasteiger partial charge in [0.05, 0.1) is 19.9 Å². The van der Waals surface area contributed by atoms with Crippen molar-refractivity contribution in [1.29, 1.82) is 0 Å². The molecule has 2 aromatic carbocycles. The minimum atomic E-state index is 0.692. The topological polar surface area (TPSA) is 43.7 Å². The maximum Gasteiger partial charge on any atom is 0.209 e. The molecule has 4 nitrogen and oxygen atoms in total. The Morgan fingerprint density at radius 3 is 2.58 bits per heavy atom. The van der Waals surface area contributed by atoms with Gasteiger partial charge in [-0.2, -0.15) is 0 Å². The molecule has 0 fully saturated rings. The van der Waals surface area contributed by atoms with Gasteiger partial charge in [-0.25, -0.2) is 9.98 Å². The van der Waals surface area contributed by atoms with Gasteiger partial charge in [0.25, 0.3) is 0 Å². The first-order valence-electron chi connectivity index (χ1n) is 7.17. The average Bonchev–Trinajstić information content (AvgIpc) is 3.09. The second-order valence-electron chi connectivity index (χ2n) is 4.89. The van der Waals surface area contributed by atoms with E-state index in [-0.39, 0.29) is 0 Å². The van der Waals surface area contributed by atoms with E-state index in [1.54, 1.807) is 20.4 Å². The summed E-state index contributed by atoms with van der Waals surface area (Å²) in [7, 11) is 3.27. The molecule has 122 valence electrons. The second-order valence-corrected chi connectivity index (χ2v) is 6.64. The minimum absolute atomic E-state index is 0.692. The van der Waals surface area contributed by atoms with Crippen LogP contribution in [-0.4, -0.2) is 25.4 Å². The number of benzene rings is 2. The van der Waals surface area contributed by atoms with Crippen molar-refractivity contribution in [3.63, 3.8) is 0 Å². The lowest BCUT2D eigenvalue weighted by Crippen LogP contribution is -1.92. The summed E-state index contributed by atoms with van der Waals surface area (Å²) < 4.78 is 11.6. The summed E-state index contributed by atoms with van der Waals surface area (Å²) in [6, 6.07) is 13.6. The number of aromatic nitrogens is 1. The number of nitrogens with zero attached hydrogens (tertiary/aromatic N) is 2. The molecule has 3 aromatic rings. The number of aliphatic imine (C=N–C) groups is 1. The molecule has 0 aliphatic carbocycles. The van der Waals surface area contributed by atoms with Crippen molar-refractivity contribution >= 4 is 38.6 Å². The number of halogens is 1. The van der Waals surface area contributed by atoms with Gasteiger partial charge in [-0.3, -0.25) is 0 Å². The van der Waals surface area contributed by atoms with Crippen LogP contribution in [0.3, 0.4) is 0 Å². The predicted molar refractivity (Wildman–Crippen MR) is 102 cm³/mol. The highest BCUT2D eigenvalue weighted by molar-refractivity contribution is 9.10. The van der Waals surface area contributed by atoms with Crippen molar-refractivity contribution < 1.29 is 9.47 Å². The molecule has 0 saturated carbocycles. The largest absolute Gasteiger partial charge is 0.497 e. The maximum atomic E-state index is 5.35. The van der Waals surface area contributed by atoms with Crippen LogP contribution in [0.25, 0.3) is 11.3 Å². The average molecular weight is 403 g/mol. The van der Waals surface area contributed by atoms with E-state index >= 15 is 0 Å². The summed E-state index contributed by atoms with van der Waals surface area (Å²) in [5.41, 5.74) is 2.82. The molecule has 0 bridgehead atoms. The lowest BCUT2D eigenvalue weighted by molar-refractivity contribution is 0.402. The first kappa shape index (κ1) is 16.7. The molecule has 0 saturated heterocycles. The summed E-state index contributed by atoms with van der Waals surface area (Å²) in [5, 5.41) is 2.69. The summed E-state index contributed by atoms with van der Waals surface area (Å²) in [6.45, 7) is 0. The number of rotatable bonds is 5. The van der Waals surface area contributed by atoms with Crippen molar-refractivity contribution in [2.45, 2.75) is 0 Å². The van der Waals surface area contributed by atoms with Crippen LogP contribution in [0.1, 0.15) is 5.56 Å². The van der Waals surface area contributed by atoms with E-state index in [2.05, 4.69) is 25.9 Å². The van der Waals surface area contributed by atoms with Gasteiger partial charge >= 0.3 is 0 Å². The van der Waals surface area contributed by atoms with Gasteiger partial charge < -0.3 is 9.47 Å². The fourth-order valence-electron chi connectivity index (χ4n) is 2.14. The van der Waals surface area contributed by atoms with Crippen LogP contribution in [0.2, 0.25) is 0 Å². The van der Waals surface area contributed by atoms with E-state index in [1.165, 1.54) is 11.3 Å². The van der Waals surface area contributed by atoms with E-state index in [1.807, 2.05) is 47.8 Å². The van der Waals surface area contributed by atoms with E-state index in [0.29, 0.717) is 5.13 Å². The molecule has 0 radical (unpaired) electrons. The Kier molecular flexibility index (Phi) is 5.27. The molecule has 0 unspecified atom stereocenters. The third-order valence-electron chi connectivity index (χ3n) is 3.38. The Balaban J connectivity index is 1.84. The highest BCUT2D eigenvalue weighted by Gasteiger charge is 2.05. The van der Waals surface area contributed by atoms with Gasteiger partial charge in [0, 0.05) is 27.2 Å². The zero-order valence-corrected chi connectivity index (χ0v) is 15.6. The molecular weight excluding hydrogens is 388 g/mol. The molecule has 0 N–H and O–H groups in total. The van der Waals surface area contributed by atoms with Crippen molar-refractivity contribution in [3.8, 4) is 22.8 Å². The molecule has 0 aliphatic rings. The van der Waals surface area contributed by atoms with Gasteiger partial charge in [0.15, 0.2) is 0 Å². The van der Waals surface area contributed by atoms with E-state index in [4.69, 9.17) is 9.47 Å². The van der Waals surface area contributed by atoms with E-state index in [9.17, 15) is 0 Å². The zero-order valence-electron chi connectivity index (χ0n) is 13.2. The van der Waals surface area contributed by atoms with Crippen molar-refractivity contribution in [2.75, 3.05) is 14.2 Å². The number of hydrogen-bond acceptors (Lipinski definition) is 5. The Morgan fingerprint density at radius 1 is 1.08 bits per heavy atom. The highest BCUT2D eigenvalue weighted by atomic mass is 79.9. The smallest absolute Gasteiger partial charge is 0.209 e. The van der Waals surface area contributed by atoms with Crippen LogP contribution in [0.15, 0.2) is 57.3 Å². The van der Waals surface area contributed by atoms with E-state index in [0.717, 1.165) is 32.8 Å². The Morgan fingerprint density at radius 2 is 1.88 bits per heavy atom. The van der Waals surface area contributed by atoms with Crippen LogP contribution < -0.4 is 9.47 Å². The standard InChI is InChI=1S/C18H15BrN2O2S/c1-22-15-7-8-17(23-2)13(9-15)10-20-18-21-16(11-24-18)12-3-5-14(19)6-4-12/h3-11H,1-2H3. The molecule has 0 spiro atoms. The lowest BCUT2D eigenvalue weighted by atomic mass is 10.2. The molecule has 3 rings (SSSR count). The Hall–Kier alpha value is -2.18. The third-order valence-corrected chi connectivity index (χ3v) is 4.66. The first-order valence-corrected chi connectivity index (χ1v) is 8.84. The normalized spacial score (nSPS) is 11.0. The quantitative estimate of drug-likeness (QED) is 0.540. The lowest BCUT2D eigenvalue weighted by Gasteiger charge is -2.06. The zero-order chi connectivity index (χ0) is 16.9. The first-order chi connectivity index (χ1) is 11.7. The van der Waals surface area contributed by atoms with Gasteiger partial charge in [-0.05, 0) is 30.3 Å². The van der Waals surface area contributed by atoms with Gasteiger partial charge in [-0.15, -0.1) is 11.3 Å². The van der Waals surface area contributed by atoms with Crippen LogP contribution >= 0.6 is 27.3 Å². The summed E-state index contributed by atoms with van der Waals surface area (Å²) in [4.78, 5) is 9.02. The summed E-state index contributed by atoms with van der Waals surface area (Å²) in [5.74, 6) is 1.50. The van der Waals surface area contributed by atoms with E-state index < -0.39 is 0 Å². The van der Waals surface area contributed by atoms with Gasteiger partial charge in [0.2, 0.25) is 5.13 Å². The molecule has 0 aliphatic heterocycles. The molecule has 0 amide bonds. The Labute approximate surface area is 152 Å². The highest BCUT2D eigenvalue weighted by Crippen LogP contribution is 2.28. The number of thiazole rings is 1. The molecule has 24 heavy (non-hydrogen) atoms. The van der Waals surface area contributed by atoms with Crippen LogP contribution in [0.4, 0.5) is 5.13 Å². The monoisotopic (exact) mass is 402 g/mol. The fraction of sp³-hybridized carbons (Fsp3) is 0.111. The van der Waals surface area contributed by atoms with Crippen molar-refractivity contribution in [1.82, 2.24) is 4.98 Å². The molecule has 1 heterocycles. The second kappa shape index (κ2) is 7.59. The maximum absolute atomic E-state index is 5.35. The summed E-state index contributed by atoms with van der Waals surface area (Å²) in [6.07, 6.45) is 1.74. The summed E-state index contributed by atoms with van der Waals surface area (Å²) >= 11 is 4.93. The number of methoxy groups -OCH3 is 2. The molecule has 1 aromatic heterocycles. The number of hydrogen-bond donors (Lipinski definition) is 0.